The van der Waals surface area contributed by atoms with Crippen molar-refractivity contribution in [2.45, 2.75) is 0 Å². The van der Waals surface area contributed by atoms with Crippen LogP contribution in [0, 0.1) is 17.1 Å². The number of nitrogens with one attached hydrogen (secondary N) is 2. The van der Waals surface area contributed by atoms with Crippen LogP contribution in [0.1, 0.15) is 0 Å². The fourth-order valence-corrected chi connectivity index (χ4v) is 1.60. The number of H-pyrrole nitrogens is 2. The maximum atomic E-state index is 11.4. The van der Waals surface area contributed by atoms with E-state index in [1.807, 2.05) is 0 Å². The van der Waals surface area contributed by atoms with Crippen LogP contribution in [-0.2, 0) is 0 Å². The van der Waals surface area contributed by atoms with E-state index in [2.05, 4.69) is 16.1 Å². The first-order valence-electron chi connectivity index (χ1n) is 4.79. The van der Waals surface area contributed by atoms with Crippen LogP contribution in [-0.4, -0.2) is 21.4 Å². The van der Waals surface area contributed by atoms with Crippen molar-refractivity contribution in [3.8, 4) is 23.8 Å². The zero-order chi connectivity index (χ0) is 12.3. The Morgan fingerprint density at radius 1 is 1.35 bits per heavy atom. The van der Waals surface area contributed by atoms with Gasteiger partial charge in [0.2, 0.25) is 4.77 Å². The van der Waals surface area contributed by atoms with Crippen LogP contribution in [0.5, 0.6) is 5.75 Å². The molecule has 0 saturated carbocycles. The Bertz CT molecular complexity index is 630. The summed E-state index contributed by atoms with van der Waals surface area (Å²) in [5.41, 5.74) is 0.345. The molecule has 2 N–H and O–H groups in total. The molecule has 0 amide bonds. The van der Waals surface area contributed by atoms with Gasteiger partial charge in [0.15, 0.2) is 0 Å². The third kappa shape index (κ3) is 2.29. The van der Waals surface area contributed by atoms with Gasteiger partial charge in [-0.05, 0) is 36.5 Å². The Balaban J connectivity index is 2.34. The molecule has 5 nitrogen and oxygen atoms in total. The largest absolute Gasteiger partial charge is 0.481 e. The summed E-state index contributed by atoms with van der Waals surface area (Å²) in [6.07, 6.45) is 5.08. The van der Waals surface area contributed by atoms with E-state index in [4.69, 9.17) is 23.4 Å². The Kier molecular flexibility index (Phi) is 3.12. The average molecular weight is 247 g/mol. The van der Waals surface area contributed by atoms with Crippen LogP contribution < -0.4 is 10.4 Å². The number of benzene rings is 1. The highest BCUT2D eigenvalue weighted by molar-refractivity contribution is 7.71. The topological polar surface area (TPSA) is 62.8 Å². The van der Waals surface area contributed by atoms with Crippen LogP contribution in [0.3, 0.4) is 0 Å². The van der Waals surface area contributed by atoms with Gasteiger partial charge in [-0.2, -0.15) is 0 Å². The second-order valence-electron chi connectivity index (χ2n) is 3.18. The lowest BCUT2D eigenvalue weighted by Crippen LogP contribution is -2.14. The molecule has 0 aliphatic heterocycles. The molecule has 17 heavy (non-hydrogen) atoms. The van der Waals surface area contributed by atoms with Gasteiger partial charge in [0.05, 0.1) is 5.69 Å². The van der Waals surface area contributed by atoms with E-state index in [-0.39, 0.29) is 12.3 Å². The number of rotatable bonds is 3. The predicted octanol–water partition coefficient (Wildman–Crippen LogP) is 1.24. The number of hydrogen-bond acceptors (Lipinski definition) is 3. The normalized spacial score (nSPS) is 9.82. The lowest BCUT2D eigenvalue weighted by molar-refractivity contribution is 0.370. The van der Waals surface area contributed by atoms with E-state index < -0.39 is 0 Å². The van der Waals surface area contributed by atoms with E-state index in [1.54, 1.807) is 24.3 Å². The highest BCUT2D eigenvalue weighted by Gasteiger charge is 2.03. The molecule has 0 saturated heterocycles. The van der Waals surface area contributed by atoms with Gasteiger partial charge < -0.3 is 4.74 Å². The minimum atomic E-state index is -0.313. The van der Waals surface area contributed by atoms with Gasteiger partial charge in [0, 0.05) is 0 Å². The molecule has 6 heteroatoms. The maximum Gasteiger partial charge on any atom is 0.347 e. The van der Waals surface area contributed by atoms with Crippen molar-refractivity contribution in [1.29, 1.82) is 0 Å². The number of aromatic amines is 2. The fraction of sp³-hybridized carbons (Fsp3) is 0.0909. The molecule has 2 aromatic rings. The quantitative estimate of drug-likeness (QED) is 0.633. The highest BCUT2D eigenvalue weighted by atomic mass is 32.1. The van der Waals surface area contributed by atoms with Crippen LogP contribution >= 0.6 is 12.2 Å². The Hall–Kier alpha value is -2.26. The SMILES string of the molecule is C#CCOc1ccc(-n2c(=O)[nH][nH]c2=S)cc1. The minimum Gasteiger partial charge on any atom is -0.481 e. The second kappa shape index (κ2) is 4.72. The summed E-state index contributed by atoms with van der Waals surface area (Å²) in [6, 6.07) is 6.90. The first-order chi connectivity index (χ1) is 8.22. The average Bonchev–Trinajstić information content (AvgIpc) is 2.67. The van der Waals surface area contributed by atoms with E-state index in [0.29, 0.717) is 16.2 Å². The molecule has 1 heterocycles. The van der Waals surface area contributed by atoms with Crippen molar-refractivity contribution in [2.24, 2.45) is 0 Å². The minimum absolute atomic E-state index is 0.212. The van der Waals surface area contributed by atoms with E-state index in [0.717, 1.165) is 0 Å². The fourth-order valence-electron chi connectivity index (χ4n) is 1.36. The zero-order valence-electron chi connectivity index (χ0n) is 8.77. The molecular formula is C11H9N3O2S. The Morgan fingerprint density at radius 3 is 2.59 bits per heavy atom. The summed E-state index contributed by atoms with van der Waals surface area (Å²) in [7, 11) is 0. The molecule has 0 unspecified atom stereocenters. The monoisotopic (exact) mass is 247 g/mol. The molecule has 0 aliphatic rings. The molecule has 0 bridgehead atoms. The molecule has 1 aromatic carbocycles. The van der Waals surface area contributed by atoms with Crippen molar-refractivity contribution in [3.63, 3.8) is 0 Å². The summed E-state index contributed by atoms with van der Waals surface area (Å²) in [4.78, 5) is 11.4. The lowest BCUT2D eigenvalue weighted by atomic mass is 10.3. The highest BCUT2D eigenvalue weighted by Crippen LogP contribution is 2.14. The summed E-state index contributed by atoms with van der Waals surface area (Å²) < 4.78 is 6.88. The smallest absolute Gasteiger partial charge is 0.347 e. The first-order valence-corrected chi connectivity index (χ1v) is 5.19. The molecule has 0 spiro atoms. The number of hydrogen-bond donors (Lipinski definition) is 2. The molecule has 0 radical (unpaired) electrons. The van der Waals surface area contributed by atoms with E-state index >= 15 is 0 Å². The molecule has 1 aromatic heterocycles. The van der Waals surface area contributed by atoms with Crippen LogP contribution in [0.4, 0.5) is 0 Å². The summed E-state index contributed by atoms with van der Waals surface area (Å²) in [6.45, 7) is 0.212. The van der Waals surface area contributed by atoms with Gasteiger partial charge in [-0.3, -0.25) is 5.10 Å². The standard InChI is InChI=1S/C11H9N3O2S/c1-2-7-16-9-5-3-8(4-6-9)14-10(15)12-13-11(14)17/h1,3-6H,7H2,(H,12,15)(H,13,17). The molecule has 2 rings (SSSR count). The molecule has 0 atom stereocenters. The van der Waals surface area contributed by atoms with Gasteiger partial charge in [-0.25, -0.2) is 14.5 Å². The van der Waals surface area contributed by atoms with Crippen molar-refractivity contribution in [1.82, 2.24) is 14.8 Å². The molecular weight excluding hydrogens is 238 g/mol. The van der Waals surface area contributed by atoms with Crippen molar-refractivity contribution < 1.29 is 4.74 Å². The van der Waals surface area contributed by atoms with Gasteiger partial charge in [-0.15, -0.1) is 6.42 Å². The molecule has 0 aliphatic carbocycles. The van der Waals surface area contributed by atoms with Crippen molar-refractivity contribution in [2.75, 3.05) is 6.61 Å². The van der Waals surface area contributed by atoms with Gasteiger partial charge in [0.1, 0.15) is 12.4 Å². The van der Waals surface area contributed by atoms with Crippen molar-refractivity contribution in [3.05, 3.63) is 39.5 Å². The summed E-state index contributed by atoms with van der Waals surface area (Å²) in [5, 5.41) is 4.97. The van der Waals surface area contributed by atoms with Crippen molar-refractivity contribution >= 4 is 12.2 Å². The molecule has 0 fully saturated rings. The zero-order valence-corrected chi connectivity index (χ0v) is 9.58. The second-order valence-corrected chi connectivity index (χ2v) is 3.57. The Labute approximate surface area is 102 Å². The number of ether oxygens (including phenoxy) is 1. The third-order valence-corrected chi connectivity index (χ3v) is 2.38. The van der Waals surface area contributed by atoms with Crippen LogP contribution in [0.2, 0.25) is 0 Å². The number of aromatic nitrogens is 3. The third-order valence-electron chi connectivity index (χ3n) is 2.10. The first kappa shape index (κ1) is 11.2. The lowest BCUT2D eigenvalue weighted by Gasteiger charge is -2.04. The summed E-state index contributed by atoms with van der Waals surface area (Å²) >= 11 is 4.98. The van der Waals surface area contributed by atoms with Crippen LogP contribution in [0.25, 0.3) is 5.69 Å². The molecule has 86 valence electrons. The van der Waals surface area contributed by atoms with Gasteiger partial charge >= 0.3 is 5.69 Å². The van der Waals surface area contributed by atoms with E-state index in [1.165, 1.54) is 4.57 Å². The van der Waals surface area contributed by atoms with E-state index in [9.17, 15) is 4.79 Å². The number of terminal acetylenes is 1. The van der Waals surface area contributed by atoms with Crippen LogP contribution in [0.15, 0.2) is 29.1 Å². The maximum absolute atomic E-state index is 11.4. The van der Waals surface area contributed by atoms with Gasteiger partial charge in [-0.1, -0.05) is 5.92 Å². The number of nitrogens with zero attached hydrogens (tertiary/aromatic N) is 1. The summed E-state index contributed by atoms with van der Waals surface area (Å²) in [5.74, 6) is 3.02. The predicted molar refractivity (Wildman–Crippen MR) is 65.9 cm³/mol. The Morgan fingerprint density at radius 2 is 2.06 bits per heavy atom. The van der Waals surface area contributed by atoms with Gasteiger partial charge in [0.25, 0.3) is 0 Å².